The number of fused-ring (bicyclic) bond motifs is 3. The predicted molar refractivity (Wildman–Crippen MR) is 98.3 cm³/mol. The monoisotopic (exact) mass is 322 g/mol. The van der Waals surface area contributed by atoms with Crippen LogP contribution in [0.2, 0.25) is 0 Å². The minimum atomic E-state index is -2.53. The average Bonchev–Trinajstić information content (AvgIpc) is 3.02. The molecule has 3 nitrogen and oxygen atoms in total. The van der Waals surface area contributed by atoms with Gasteiger partial charge < -0.3 is 4.42 Å². The van der Waals surface area contributed by atoms with Gasteiger partial charge in [-0.05, 0) is 60.6 Å². The number of nitrogens with zero attached hydrogens (tertiary/aromatic N) is 2. The number of pyridine rings is 2. The van der Waals surface area contributed by atoms with Gasteiger partial charge in [0.2, 0.25) is 0 Å². The molecule has 4 aromatic rings. The molecule has 0 amide bonds. The number of aromatic nitrogens is 2. The predicted octanol–water partition coefficient (Wildman–Crippen LogP) is 5.78. The molecule has 0 saturated carbocycles. The van der Waals surface area contributed by atoms with E-state index in [-0.39, 0.29) is 28.4 Å². The maximum Gasteiger partial charge on any atom is 0.154 e. The Balaban J connectivity index is 2.15. The van der Waals surface area contributed by atoms with Crippen LogP contribution in [0.1, 0.15) is 44.7 Å². The van der Waals surface area contributed by atoms with Crippen LogP contribution in [0.25, 0.3) is 33.5 Å². The van der Waals surface area contributed by atoms with Gasteiger partial charge in [0.1, 0.15) is 11.1 Å². The van der Waals surface area contributed by atoms with Gasteiger partial charge in [-0.2, -0.15) is 0 Å². The van der Waals surface area contributed by atoms with Crippen molar-refractivity contribution in [1.29, 1.82) is 0 Å². The van der Waals surface area contributed by atoms with Crippen LogP contribution in [-0.2, 0) is 0 Å². The third kappa shape index (κ3) is 2.20. The Morgan fingerprint density at radius 1 is 1.04 bits per heavy atom. The Bertz CT molecular complexity index is 1250. The number of hydrogen-bond acceptors (Lipinski definition) is 3. The van der Waals surface area contributed by atoms with E-state index in [1.54, 1.807) is 12.1 Å². The minimum Gasteiger partial charge on any atom is -0.454 e. The number of furan rings is 1. The van der Waals surface area contributed by atoms with Crippen LogP contribution < -0.4 is 0 Å². The van der Waals surface area contributed by atoms with Gasteiger partial charge in [-0.15, -0.1) is 0 Å². The zero-order chi connectivity index (χ0) is 21.8. The summed E-state index contributed by atoms with van der Waals surface area (Å²) in [5.74, 6) is -0.0862. The first-order valence-electron chi connectivity index (χ1n) is 10.8. The van der Waals surface area contributed by atoms with Gasteiger partial charge in [-0.1, -0.05) is 26.0 Å². The first-order chi connectivity index (χ1) is 14.0. The highest BCUT2D eigenvalue weighted by atomic mass is 16.3. The molecule has 0 aliphatic rings. The lowest BCUT2D eigenvalue weighted by atomic mass is 9.95. The van der Waals surface area contributed by atoms with E-state index in [2.05, 4.69) is 9.97 Å². The summed E-state index contributed by atoms with van der Waals surface area (Å²) in [7, 11) is 0. The molecule has 0 unspecified atom stereocenters. The van der Waals surface area contributed by atoms with E-state index in [1.165, 1.54) is 12.3 Å². The summed E-state index contributed by atoms with van der Waals surface area (Å²) in [6, 6.07) is 10.3. The van der Waals surface area contributed by atoms with Crippen molar-refractivity contribution in [3.63, 3.8) is 0 Å². The van der Waals surface area contributed by atoms with E-state index in [9.17, 15) is 0 Å². The lowest BCUT2D eigenvalue weighted by molar-refractivity contribution is 0.668. The van der Waals surface area contributed by atoms with Gasteiger partial charge in [-0.25, -0.2) is 4.98 Å². The summed E-state index contributed by atoms with van der Waals surface area (Å²) in [6.07, 6.45) is 1.50. The maximum atomic E-state index is 8.09. The van der Waals surface area contributed by atoms with E-state index in [4.69, 9.17) is 12.6 Å². The largest absolute Gasteiger partial charge is 0.454 e. The van der Waals surface area contributed by atoms with E-state index in [0.717, 1.165) is 5.39 Å². The molecule has 3 heterocycles. The van der Waals surface area contributed by atoms with Crippen LogP contribution in [0.3, 0.4) is 0 Å². The highest BCUT2D eigenvalue weighted by Gasteiger charge is 2.16. The molecular weight excluding hydrogens is 296 g/mol. The second-order valence-electron chi connectivity index (χ2n) is 6.11. The quantitative estimate of drug-likeness (QED) is 0.469. The highest BCUT2D eigenvalue weighted by molar-refractivity contribution is 6.03. The smallest absolute Gasteiger partial charge is 0.154 e. The van der Waals surface area contributed by atoms with E-state index < -0.39 is 13.7 Å². The molecule has 4 rings (SSSR count). The molecule has 0 radical (unpaired) electrons. The first kappa shape index (κ1) is 9.58. The van der Waals surface area contributed by atoms with Crippen molar-refractivity contribution in [3.05, 3.63) is 59.3 Å². The van der Waals surface area contributed by atoms with E-state index in [0.29, 0.717) is 22.2 Å². The molecule has 0 bridgehead atoms. The van der Waals surface area contributed by atoms with Crippen molar-refractivity contribution in [1.82, 2.24) is 9.97 Å². The molecular formula is C21H20N2O. The van der Waals surface area contributed by atoms with Gasteiger partial charge >= 0.3 is 0 Å². The van der Waals surface area contributed by atoms with Crippen LogP contribution in [0, 0.1) is 13.7 Å². The normalized spacial score (nSPS) is 16.5. The van der Waals surface area contributed by atoms with Gasteiger partial charge in [0, 0.05) is 19.8 Å². The first-order valence-corrected chi connectivity index (χ1v) is 7.81. The Kier molecular flexibility index (Phi) is 2.17. The van der Waals surface area contributed by atoms with Crippen molar-refractivity contribution in [3.8, 4) is 11.4 Å². The summed E-state index contributed by atoms with van der Waals surface area (Å²) in [5.41, 5.74) is 2.03. The summed E-state index contributed by atoms with van der Waals surface area (Å²) in [4.78, 5) is 8.91. The molecule has 3 heteroatoms. The summed E-state index contributed by atoms with van der Waals surface area (Å²) < 4.78 is 54.1. The van der Waals surface area contributed by atoms with E-state index in [1.807, 2.05) is 32.0 Å². The van der Waals surface area contributed by atoms with Crippen molar-refractivity contribution in [2.75, 3.05) is 0 Å². The fraction of sp³-hybridized carbons (Fsp3) is 0.238. The Morgan fingerprint density at radius 3 is 2.71 bits per heavy atom. The lowest BCUT2D eigenvalue weighted by Gasteiger charge is -2.14. The Morgan fingerprint density at radius 2 is 1.92 bits per heavy atom. The Hall–Kier alpha value is -2.68. The molecule has 0 fully saturated rings. The van der Waals surface area contributed by atoms with Crippen LogP contribution in [0.5, 0.6) is 0 Å². The molecule has 0 saturated heterocycles. The fourth-order valence-electron chi connectivity index (χ4n) is 2.95. The van der Waals surface area contributed by atoms with Gasteiger partial charge in [0.25, 0.3) is 0 Å². The number of rotatable bonds is 2. The third-order valence-electron chi connectivity index (χ3n) is 4.18. The lowest BCUT2D eigenvalue weighted by Crippen LogP contribution is -1.99. The summed E-state index contributed by atoms with van der Waals surface area (Å²) in [6.45, 7) is -1.24. The SMILES string of the molecule is [2H]C([2H])([2H])c1cc2oc3ccccc3c2nc1-c1nccc(C(C)C)c1C([2H])([2H])[2H]. The summed E-state index contributed by atoms with van der Waals surface area (Å²) >= 11 is 0. The number of hydrogen-bond donors (Lipinski definition) is 0. The van der Waals surface area contributed by atoms with Crippen LogP contribution >= 0.6 is 0 Å². The van der Waals surface area contributed by atoms with Crippen molar-refractivity contribution in [2.24, 2.45) is 0 Å². The zero-order valence-corrected chi connectivity index (χ0v) is 13.4. The highest BCUT2D eigenvalue weighted by Crippen LogP contribution is 2.33. The molecule has 0 aliphatic heterocycles. The maximum absolute atomic E-state index is 8.09. The Labute approximate surface area is 149 Å². The van der Waals surface area contributed by atoms with E-state index >= 15 is 0 Å². The molecule has 0 N–H and O–H groups in total. The standard InChI is InChI=1S/C21H20N2O/c1-12(2)15-9-10-22-20(14(15)4)19-13(3)11-18-21(23-19)16-7-5-6-8-17(16)24-18/h5-12H,1-4H3/i3D3,4D3. The number of benzene rings is 1. The summed E-state index contributed by atoms with van der Waals surface area (Å²) in [5, 5.41) is 0.723. The van der Waals surface area contributed by atoms with Crippen LogP contribution in [0.4, 0.5) is 0 Å². The van der Waals surface area contributed by atoms with Gasteiger partial charge in [0.05, 0.1) is 11.4 Å². The van der Waals surface area contributed by atoms with Crippen LogP contribution in [-0.4, -0.2) is 9.97 Å². The third-order valence-corrected chi connectivity index (χ3v) is 4.18. The molecule has 24 heavy (non-hydrogen) atoms. The molecule has 0 spiro atoms. The second kappa shape index (κ2) is 5.45. The van der Waals surface area contributed by atoms with Crippen LogP contribution in [0.15, 0.2) is 47.0 Å². The second-order valence-corrected chi connectivity index (χ2v) is 6.11. The zero-order valence-electron chi connectivity index (χ0n) is 19.4. The average molecular weight is 322 g/mol. The molecule has 0 aliphatic carbocycles. The fourth-order valence-corrected chi connectivity index (χ4v) is 2.95. The minimum absolute atomic E-state index is 0.0325. The van der Waals surface area contributed by atoms with Gasteiger partial charge in [-0.3, -0.25) is 4.98 Å². The van der Waals surface area contributed by atoms with Gasteiger partial charge in [0.15, 0.2) is 5.58 Å². The molecule has 120 valence electrons. The van der Waals surface area contributed by atoms with Crippen molar-refractivity contribution in [2.45, 2.75) is 33.5 Å². The molecule has 1 aromatic carbocycles. The molecule has 3 aromatic heterocycles. The number of para-hydroxylation sites is 1. The van der Waals surface area contributed by atoms with Crippen molar-refractivity contribution >= 4 is 22.1 Å². The topological polar surface area (TPSA) is 38.9 Å². The number of aryl methyl sites for hydroxylation is 1. The molecule has 0 atom stereocenters. The van der Waals surface area contributed by atoms with Crippen molar-refractivity contribution < 1.29 is 12.6 Å².